The van der Waals surface area contributed by atoms with Crippen LogP contribution in [-0.4, -0.2) is 0 Å². The van der Waals surface area contributed by atoms with Crippen LogP contribution in [-0.2, 0) is 12.0 Å². The molecule has 1 heterocycles. The van der Waals surface area contributed by atoms with Crippen molar-refractivity contribution in [3.8, 4) is 0 Å². The second kappa shape index (κ2) is 2.92. The molecule has 2 atom stereocenters. The van der Waals surface area contributed by atoms with Gasteiger partial charge in [0.15, 0.2) is 0 Å². The summed E-state index contributed by atoms with van der Waals surface area (Å²) in [6.45, 7) is 2.34. The normalized spacial score (nSPS) is 28.2. The molecule has 2 aromatic rings. The molecule has 17 heavy (non-hydrogen) atoms. The second-order valence-electron chi connectivity index (χ2n) is 5.33. The van der Waals surface area contributed by atoms with Crippen molar-refractivity contribution in [3.63, 3.8) is 0 Å². The summed E-state index contributed by atoms with van der Waals surface area (Å²) in [5, 5.41) is 3.73. The van der Waals surface area contributed by atoms with E-state index >= 15 is 0 Å². The molecule has 0 bridgehead atoms. The molecule has 1 heteroatoms. The molecule has 1 aliphatic heterocycles. The first-order valence-electron chi connectivity index (χ1n) is 6.24. The Labute approximate surface area is 101 Å². The zero-order valence-corrected chi connectivity index (χ0v) is 9.90. The standard InChI is InChI=1S/C16H15N/c1-16-13-8-4-2-6-11(13)10-14(16)12-7-3-5-9-15(12)17-16/h2-9,14,17H,10H2,1H3. The van der Waals surface area contributed by atoms with Gasteiger partial charge in [-0.1, -0.05) is 42.5 Å². The van der Waals surface area contributed by atoms with Crippen LogP contribution in [0.3, 0.4) is 0 Å². The minimum atomic E-state index is 0.0975. The largest absolute Gasteiger partial charge is 0.375 e. The maximum absolute atomic E-state index is 3.73. The fourth-order valence-corrected chi connectivity index (χ4v) is 3.59. The van der Waals surface area contributed by atoms with Crippen molar-refractivity contribution in [1.29, 1.82) is 0 Å². The molecule has 0 amide bonds. The lowest BCUT2D eigenvalue weighted by atomic mass is 9.85. The number of rotatable bonds is 0. The molecule has 1 N–H and O–H groups in total. The summed E-state index contributed by atoms with van der Waals surface area (Å²) >= 11 is 0. The van der Waals surface area contributed by atoms with Crippen LogP contribution in [0.5, 0.6) is 0 Å². The highest BCUT2D eigenvalue weighted by molar-refractivity contribution is 5.66. The quantitative estimate of drug-likeness (QED) is 0.715. The fourth-order valence-electron chi connectivity index (χ4n) is 3.59. The van der Waals surface area contributed by atoms with Gasteiger partial charge in [0, 0.05) is 11.6 Å². The van der Waals surface area contributed by atoms with Gasteiger partial charge in [0.05, 0.1) is 5.54 Å². The summed E-state index contributed by atoms with van der Waals surface area (Å²) in [5.74, 6) is 0.594. The molecule has 0 radical (unpaired) electrons. The van der Waals surface area contributed by atoms with Crippen LogP contribution in [0.25, 0.3) is 0 Å². The second-order valence-corrected chi connectivity index (χ2v) is 5.33. The SMILES string of the molecule is CC12Nc3ccccc3C1Cc1ccccc12. The third-order valence-electron chi connectivity index (χ3n) is 4.43. The Balaban J connectivity index is 1.93. The van der Waals surface area contributed by atoms with E-state index in [9.17, 15) is 0 Å². The number of fused-ring (bicyclic) bond motifs is 5. The first kappa shape index (κ1) is 9.29. The minimum absolute atomic E-state index is 0.0975. The van der Waals surface area contributed by atoms with E-state index in [1.54, 1.807) is 0 Å². The summed E-state index contributed by atoms with van der Waals surface area (Å²) in [7, 11) is 0. The highest BCUT2D eigenvalue weighted by Crippen LogP contribution is 2.54. The average Bonchev–Trinajstić information content (AvgIpc) is 2.79. The van der Waals surface area contributed by atoms with Crippen LogP contribution in [0.4, 0.5) is 5.69 Å². The average molecular weight is 221 g/mol. The van der Waals surface area contributed by atoms with Crippen LogP contribution in [0.2, 0.25) is 0 Å². The number of hydrogen-bond acceptors (Lipinski definition) is 1. The fraction of sp³-hybridized carbons (Fsp3) is 0.250. The molecule has 0 saturated heterocycles. The van der Waals surface area contributed by atoms with E-state index in [0.717, 1.165) is 6.42 Å². The summed E-state index contributed by atoms with van der Waals surface area (Å²) in [5.41, 5.74) is 5.87. The van der Waals surface area contributed by atoms with Gasteiger partial charge in [-0.3, -0.25) is 0 Å². The molecular formula is C16H15N. The predicted molar refractivity (Wildman–Crippen MR) is 70.3 cm³/mol. The van der Waals surface area contributed by atoms with E-state index in [1.165, 1.54) is 22.4 Å². The van der Waals surface area contributed by atoms with E-state index in [1.807, 2.05) is 0 Å². The number of benzene rings is 2. The number of nitrogens with one attached hydrogen (secondary N) is 1. The molecular weight excluding hydrogens is 206 g/mol. The Morgan fingerprint density at radius 3 is 2.76 bits per heavy atom. The first-order chi connectivity index (χ1) is 8.29. The monoisotopic (exact) mass is 221 g/mol. The number of hydrogen-bond donors (Lipinski definition) is 1. The molecule has 2 aromatic carbocycles. The Hall–Kier alpha value is -1.76. The Bertz CT molecular complexity index is 602. The zero-order valence-electron chi connectivity index (χ0n) is 9.90. The maximum Gasteiger partial charge on any atom is 0.0672 e. The predicted octanol–water partition coefficient (Wildman–Crippen LogP) is 3.67. The third-order valence-corrected chi connectivity index (χ3v) is 4.43. The van der Waals surface area contributed by atoms with E-state index in [-0.39, 0.29) is 5.54 Å². The number of para-hydroxylation sites is 1. The molecule has 2 unspecified atom stereocenters. The summed E-state index contributed by atoms with van der Waals surface area (Å²) < 4.78 is 0. The molecule has 2 aliphatic rings. The van der Waals surface area contributed by atoms with Gasteiger partial charge in [0.25, 0.3) is 0 Å². The molecule has 84 valence electrons. The van der Waals surface area contributed by atoms with Crippen molar-refractivity contribution in [3.05, 3.63) is 65.2 Å². The van der Waals surface area contributed by atoms with Crippen molar-refractivity contribution >= 4 is 5.69 Å². The van der Waals surface area contributed by atoms with E-state index < -0.39 is 0 Å². The highest BCUT2D eigenvalue weighted by Gasteiger charge is 2.48. The van der Waals surface area contributed by atoms with Gasteiger partial charge in [0.1, 0.15) is 0 Å². The molecule has 0 saturated carbocycles. The highest BCUT2D eigenvalue weighted by atomic mass is 15.0. The lowest BCUT2D eigenvalue weighted by Gasteiger charge is -2.26. The van der Waals surface area contributed by atoms with E-state index in [0.29, 0.717) is 5.92 Å². The molecule has 1 aliphatic carbocycles. The molecule has 4 rings (SSSR count). The maximum atomic E-state index is 3.73. The van der Waals surface area contributed by atoms with Crippen LogP contribution >= 0.6 is 0 Å². The van der Waals surface area contributed by atoms with Gasteiger partial charge in [-0.2, -0.15) is 0 Å². The first-order valence-corrected chi connectivity index (χ1v) is 6.24. The summed E-state index contributed by atoms with van der Waals surface area (Å²) in [6, 6.07) is 17.6. The summed E-state index contributed by atoms with van der Waals surface area (Å²) in [4.78, 5) is 0. The lowest BCUT2D eigenvalue weighted by Crippen LogP contribution is -2.29. The van der Waals surface area contributed by atoms with Crippen LogP contribution < -0.4 is 5.32 Å². The van der Waals surface area contributed by atoms with Gasteiger partial charge >= 0.3 is 0 Å². The summed E-state index contributed by atoms with van der Waals surface area (Å²) in [6.07, 6.45) is 1.16. The van der Waals surface area contributed by atoms with Crippen molar-refractivity contribution < 1.29 is 0 Å². The van der Waals surface area contributed by atoms with Crippen LogP contribution in [0.15, 0.2) is 48.5 Å². The van der Waals surface area contributed by atoms with Crippen molar-refractivity contribution in [2.45, 2.75) is 24.8 Å². The smallest absolute Gasteiger partial charge is 0.0672 e. The van der Waals surface area contributed by atoms with Crippen molar-refractivity contribution in [1.82, 2.24) is 0 Å². The van der Waals surface area contributed by atoms with Gasteiger partial charge < -0.3 is 5.32 Å². The van der Waals surface area contributed by atoms with Crippen LogP contribution in [0.1, 0.15) is 29.5 Å². The topological polar surface area (TPSA) is 12.0 Å². The molecule has 0 aromatic heterocycles. The van der Waals surface area contributed by atoms with Gasteiger partial charge in [-0.05, 0) is 36.1 Å². The van der Waals surface area contributed by atoms with Gasteiger partial charge in [-0.25, -0.2) is 0 Å². The zero-order chi connectivity index (χ0) is 11.5. The molecule has 0 fully saturated rings. The third kappa shape index (κ3) is 1.04. The van der Waals surface area contributed by atoms with Crippen molar-refractivity contribution in [2.75, 3.05) is 5.32 Å². The lowest BCUT2D eigenvalue weighted by molar-refractivity contribution is 0.491. The van der Waals surface area contributed by atoms with Crippen molar-refractivity contribution in [2.24, 2.45) is 0 Å². The van der Waals surface area contributed by atoms with Gasteiger partial charge in [-0.15, -0.1) is 0 Å². The molecule has 0 spiro atoms. The van der Waals surface area contributed by atoms with Gasteiger partial charge in [0.2, 0.25) is 0 Å². The van der Waals surface area contributed by atoms with E-state index in [4.69, 9.17) is 0 Å². The minimum Gasteiger partial charge on any atom is -0.375 e. The van der Waals surface area contributed by atoms with E-state index in [2.05, 4.69) is 60.8 Å². The van der Waals surface area contributed by atoms with Crippen LogP contribution in [0, 0.1) is 0 Å². The Kier molecular flexibility index (Phi) is 1.60. The number of anilines is 1. The Morgan fingerprint density at radius 2 is 1.82 bits per heavy atom. The molecule has 1 nitrogen and oxygen atoms in total. The Morgan fingerprint density at radius 1 is 1.06 bits per heavy atom.